The van der Waals surface area contributed by atoms with Gasteiger partial charge < -0.3 is 0 Å². The van der Waals surface area contributed by atoms with Crippen molar-refractivity contribution >= 4 is 27.6 Å². The molecule has 2 aromatic rings. The minimum absolute atomic E-state index is 0.168. The molecule has 1 aliphatic heterocycles. The molecule has 1 saturated heterocycles. The standard InChI is InChI=1S/C19H14F3N3O4S/c1-18(13-6-4-3-5-7-13)16(26)24(17(27)25(18)30(2,28)29)14-9-8-12(11-23)15(10-14)19(20,21)22/h3-10H,1-2H3. The molecule has 0 N–H and O–H groups in total. The molecule has 30 heavy (non-hydrogen) atoms. The molecule has 156 valence electrons. The van der Waals surface area contributed by atoms with Gasteiger partial charge in [0.15, 0.2) is 5.54 Å². The molecule has 7 nitrogen and oxygen atoms in total. The lowest BCUT2D eigenvalue weighted by molar-refractivity contribution is -0.137. The third-order valence-electron chi connectivity index (χ3n) is 4.75. The molecule has 1 unspecified atom stereocenters. The van der Waals surface area contributed by atoms with Gasteiger partial charge in [0.05, 0.1) is 29.1 Å². The van der Waals surface area contributed by atoms with Crippen molar-refractivity contribution in [1.29, 1.82) is 5.26 Å². The van der Waals surface area contributed by atoms with Crippen LogP contribution in [0.2, 0.25) is 0 Å². The van der Waals surface area contributed by atoms with Gasteiger partial charge in [-0.15, -0.1) is 0 Å². The van der Waals surface area contributed by atoms with Crippen LogP contribution in [-0.4, -0.2) is 30.9 Å². The van der Waals surface area contributed by atoms with Gasteiger partial charge in [-0.05, 0) is 30.7 Å². The first-order chi connectivity index (χ1) is 13.8. The van der Waals surface area contributed by atoms with Gasteiger partial charge in [-0.25, -0.2) is 22.4 Å². The highest BCUT2D eigenvalue weighted by Crippen LogP contribution is 2.42. The molecule has 0 aliphatic carbocycles. The van der Waals surface area contributed by atoms with Gasteiger partial charge in [-0.2, -0.15) is 18.4 Å². The van der Waals surface area contributed by atoms with E-state index in [0.29, 0.717) is 15.3 Å². The highest BCUT2D eigenvalue weighted by Gasteiger charge is 2.59. The maximum atomic E-state index is 13.3. The van der Waals surface area contributed by atoms with E-state index in [1.54, 1.807) is 6.07 Å². The van der Waals surface area contributed by atoms with E-state index in [9.17, 15) is 31.2 Å². The minimum Gasteiger partial charge on any atom is -0.271 e. The van der Waals surface area contributed by atoms with Crippen molar-refractivity contribution in [1.82, 2.24) is 4.31 Å². The average molecular weight is 437 g/mol. The van der Waals surface area contributed by atoms with Crippen molar-refractivity contribution in [3.8, 4) is 6.07 Å². The minimum atomic E-state index is -4.92. The molecule has 3 amide bonds. The van der Waals surface area contributed by atoms with Gasteiger partial charge in [-0.3, -0.25) is 4.79 Å². The Morgan fingerprint density at radius 3 is 2.17 bits per heavy atom. The number of amides is 3. The lowest BCUT2D eigenvalue weighted by Crippen LogP contribution is -2.47. The normalized spacial score (nSPS) is 19.9. The summed E-state index contributed by atoms with van der Waals surface area (Å²) >= 11 is 0. The number of imide groups is 1. The number of nitrogens with zero attached hydrogens (tertiary/aromatic N) is 3. The number of carbonyl (C=O) groups excluding carboxylic acids is 2. The summed E-state index contributed by atoms with van der Waals surface area (Å²) in [5, 5.41) is 8.94. The second-order valence-corrected chi connectivity index (χ2v) is 8.56. The number of sulfonamides is 1. The number of carbonyl (C=O) groups is 2. The Labute approximate surface area is 170 Å². The topological polar surface area (TPSA) is 98.5 Å². The van der Waals surface area contributed by atoms with Crippen LogP contribution in [0.3, 0.4) is 0 Å². The fraction of sp³-hybridized carbons (Fsp3) is 0.211. The number of anilines is 1. The number of halogens is 3. The second-order valence-electron chi connectivity index (χ2n) is 6.73. The van der Waals surface area contributed by atoms with Gasteiger partial charge >= 0.3 is 12.2 Å². The predicted octanol–water partition coefficient (Wildman–Crippen LogP) is 3.22. The van der Waals surface area contributed by atoms with E-state index in [4.69, 9.17) is 5.26 Å². The summed E-state index contributed by atoms with van der Waals surface area (Å²) in [6, 6.07) is 9.93. The molecule has 11 heteroatoms. The van der Waals surface area contributed by atoms with E-state index in [0.717, 1.165) is 18.4 Å². The quantitative estimate of drug-likeness (QED) is 0.687. The van der Waals surface area contributed by atoms with Crippen LogP contribution in [0.25, 0.3) is 0 Å². The van der Waals surface area contributed by atoms with E-state index in [1.165, 1.54) is 37.3 Å². The first kappa shape index (κ1) is 21.3. The molecule has 2 aromatic carbocycles. The Bertz CT molecular complexity index is 1190. The SMILES string of the molecule is CC1(c2ccccc2)C(=O)N(c2ccc(C#N)c(C(F)(F)F)c2)C(=O)N1S(C)(=O)=O. The zero-order chi connectivity index (χ0) is 22.5. The van der Waals surface area contributed by atoms with E-state index in [-0.39, 0.29) is 5.56 Å². The van der Waals surface area contributed by atoms with Crippen LogP contribution in [-0.2, 0) is 26.5 Å². The lowest BCUT2D eigenvalue weighted by atomic mass is 9.92. The summed E-state index contributed by atoms with van der Waals surface area (Å²) in [6.45, 7) is 1.21. The molecule has 1 fully saturated rings. The van der Waals surface area contributed by atoms with Gasteiger partial charge in [0.2, 0.25) is 10.0 Å². The Morgan fingerprint density at radius 2 is 1.67 bits per heavy atom. The van der Waals surface area contributed by atoms with Crippen LogP contribution < -0.4 is 4.90 Å². The summed E-state index contributed by atoms with van der Waals surface area (Å²) in [5.41, 5.74) is -4.37. The van der Waals surface area contributed by atoms with Crippen LogP contribution in [0, 0.1) is 11.3 Å². The largest absolute Gasteiger partial charge is 0.417 e. The smallest absolute Gasteiger partial charge is 0.271 e. The van der Waals surface area contributed by atoms with Gasteiger partial charge in [0, 0.05) is 0 Å². The average Bonchev–Trinajstić information content (AvgIpc) is 2.87. The van der Waals surface area contributed by atoms with Crippen LogP contribution in [0.1, 0.15) is 23.6 Å². The maximum absolute atomic E-state index is 13.3. The summed E-state index contributed by atoms with van der Waals surface area (Å²) in [6.07, 6.45) is -4.20. The van der Waals surface area contributed by atoms with Crippen molar-refractivity contribution in [2.75, 3.05) is 11.2 Å². The number of rotatable bonds is 3. The second kappa shape index (κ2) is 6.84. The van der Waals surface area contributed by atoms with Crippen LogP contribution in [0.4, 0.5) is 23.7 Å². The first-order valence-electron chi connectivity index (χ1n) is 8.39. The monoisotopic (exact) mass is 437 g/mol. The molecular formula is C19H14F3N3O4S. The Balaban J connectivity index is 2.25. The third kappa shape index (κ3) is 3.19. The first-order valence-corrected chi connectivity index (χ1v) is 10.2. The lowest BCUT2D eigenvalue weighted by Gasteiger charge is -2.29. The zero-order valence-electron chi connectivity index (χ0n) is 15.6. The third-order valence-corrected chi connectivity index (χ3v) is 5.93. The fourth-order valence-electron chi connectivity index (χ4n) is 3.38. The fourth-order valence-corrected chi connectivity index (χ4v) is 4.59. The summed E-state index contributed by atoms with van der Waals surface area (Å²) in [4.78, 5) is 26.6. The number of hydrogen-bond donors (Lipinski definition) is 0. The number of nitriles is 1. The van der Waals surface area contributed by atoms with Crippen molar-refractivity contribution in [2.45, 2.75) is 18.6 Å². The summed E-state index contributed by atoms with van der Waals surface area (Å²) in [7, 11) is -4.29. The molecule has 0 bridgehead atoms. The van der Waals surface area contributed by atoms with Gasteiger partial charge in [0.25, 0.3) is 5.91 Å². The highest BCUT2D eigenvalue weighted by atomic mass is 32.2. The van der Waals surface area contributed by atoms with Crippen molar-refractivity contribution in [2.24, 2.45) is 0 Å². The summed E-state index contributed by atoms with van der Waals surface area (Å²) < 4.78 is 65.1. The number of alkyl halides is 3. The Kier molecular flexibility index (Phi) is 4.86. The molecule has 0 radical (unpaired) electrons. The molecule has 0 spiro atoms. The highest BCUT2D eigenvalue weighted by molar-refractivity contribution is 7.89. The molecule has 3 rings (SSSR count). The maximum Gasteiger partial charge on any atom is 0.417 e. The number of benzene rings is 2. The Morgan fingerprint density at radius 1 is 1.07 bits per heavy atom. The van der Waals surface area contributed by atoms with Crippen LogP contribution in [0.5, 0.6) is 0 Å². The van der Waals surface area contributed by atoms with Crippen LogP contribution in [0.15, 0.2) is 48.5 Å². The number of urea groups is 1. The van der Waals surface area contributed by atoms with Gasteiger partial charge in [-0.1, -0.05) is 30.3 Å². The molecular weight excluding hydrogens is 423 g/mol. The molecule has 1 aliphatic rings. The van der Waals surface area contributed by atoms with E-state index in [2.05, 4.69) is 0 Å². The van der Waals surface area contributed by atoms with E-state index < -0.39 is 50.5 Å². The predicted molar refractivity (Wildman–Crippen MR) is 99.5 cm³/mol. The van der Waals surface area contributed by atoms with Crippen molar-refractivity contribution in [3.63, 3.8) is 0 Å². The molecule has 0 saturated carbocycles. The van der Waals surface area contributed by atoms with E-state index in [1.807, 2.05) is 0 Å². The molecule has 1 heterocycles. The molecule has 1 atom stereocenters. The van der Waals surface area contributed by atoms with Crippen molar-refractivity contribution in [3.05, 3.63) is 65.2 Å². The van der Waals surface area contributed by atoms with Crippen molar-refractivity contribution < 1.29 is 31.2 Å². The van der Waals surface area contributed by atoms with Crippen LogP contribution >= 0.6 is 0 Å². The summed E-state index contributed by atoms with van der Waals surface area (Å²) in [5.74, 6) is -1.04. The van der Waals surface area contributed by atoms with E-state index >= 15 is 0 Å². The Hall–Kier alpha value is -3.39. The number of hydrogen-bond acceptors (Lipinski definition) is 5. The molecule has 0 aromatic heterocycles. The zero-order valence-corrected chi connectivity index (χ0v) is 16.5. The van der Waals surface area contributed by atoms with Gasteiger partial charge in [0.1, 0.15) is 0 Å².